The smallest absolute Gasteiger partial charge is 0.270 e. The van der Waals surface area contributed by atoms with E-state index in [1.807, 2.05) is 30.3 Å². The van der Waals surface area contributed by atoms with Crippen LogP contribution in [0, 0.1) is 5.82 Å². The fourth-order valence-corrected chi connectivity index (χ4v) is 4.56. The number of ether oxygens (including phenoxy) is 2. The number of nitrogens with zero attached hydrogens (tertiary/aromatic N) is 3. The maximum Gasteiger partial charge on any atom is 0.270 e. The van der Waals surface area contributed by atoms with Gasteiger partial charge in [0.25, 0.3) is 12.3 Å². The lowest BCUT2D eigenvalue weighted by Crippen LogP contribution is -2.61. The predicted molar refractivity (Wildman–Crippen MR) is 118 cm³/mol. The van der Waals surface area contributed by atoms with E-state index in [2.05, 4.69) is 15.5 Å². The lowest BCUT2D eigenvalue weighted by atomic mass is 9.92. The predicted octanol–water partition coefficient (Wildman–Crippen LogP) is 4.04. The molecule has 176 valence electrons. The van der Waals surface area contributed by atoms with Crippen molar-refractivity contribution < 1.29 is 27.4 Å². The second-order valence-corrected chi connectivity index (χ2v) is 8.20. The Morgan fingerprint density at radius 3 is 2.71 bits per heavy atom. The van der Waals surface area contributed by atoms with Crippen LogP contribution >= 0.6 is 0 Å². The summed E-state index contributed by atoms with van der Waals surface area (Å²) in [5.74, 6) is -1.43. The Labute approximate surface area is 193 Å². The molecule has 1 fully saturated rings. The number of carbonyl (C=O) groups is 1. The Morgan fingerprint density at radius 1 is 1.18 bits per heavy atom. The number of alkyl halides is 2. The summed E-state index contributed by atoms with van der Waals surface area (Å²) >= 11 is 0. The summed E-state index contributed by atoms with van der Waals surface area (Å²) in [4.78, 5) is 14.2. The van der Waals surface area contributed by atoms with Crippen LogP contribution in [0.1, 0.15) is 12.0 Å². The summed E-state index contributed by atoms with van der Waals surface area (Å²) in [5, 5.41) is 10.6. The SMILES string of the molecule is COc1c(F)cccc1-c1cc2c(nn1)NC(=O)[C@@]1(C(F)F)C[C@@H](OCc3ccccc3)CN21. The van der Waals surface area contributed by atoms with Crippen LogP contribution in [0.4, 0.5) is 24.7 Å². The molecule has 0 unspecified atom stereocenters. The highest BCUT2D eigenvalue weighted by Crippen LogP contribution is 2.47. The van der Waals surface area contributed by atoms with Crippen molar-refractivity contribution in [2.75, 3.05) is 23.9 Å². The number of fused-ring (bicyclic) bond motifs is 3. The van der Waals surface area contributed by atoms with E-state index in [1.165, 1.54) is 30.2 Å². The third-order valence-corrected chi connectivity index (χ3v) is 6.23. The Balaban J connectivity index is 1.52. The minimum atomic E-state index is -2.98. The van der Waals surface area contributed by atoms with Crippen LogP contribution in [0.15, 0.2) is 54.6 Å². The van der Waals surface area contributed by atoms with E-state index in [0.717, 1.165) is 5.56 Å². The summed E-state index contributed by atoms with van der Waals surface area (Å²) in [5.41, 5.74) is -0.408. The molecule has 1 aromatic heterocycles. The summed E-state index contributed by atoms with van der Waals surface area (Å²) in [6, 6.07) is 15.2. The van der Waals surface area contributed by atoms with Crippen molar-refractivity contribution in [2.45, 2.75) is 31.1 Å². The fraction of sp³-hybridized carbons (Fsp3) is 0.292. The van der Waals surface area contributed by atoms with E-state index >= 15 is 0 Å². The van der Waals surface area contributed by atoms with Crippen molar-refractivity contribution in [1.82, 2.24) is 10.2 Å². The average molecular weight is 470 g/mol. The lowest BCUT2D eigenvalue weighted by molar-refractivity contribution is -0.127. The molecule has 0 saturated carbocycles. The molecule has 1 saturated heterocycles. The summed E-state index contributed by atoms with van der Waals surface area (Å²) in [6.45, 7) is 0.288. The Morgan fingerprint density at radius 2 is 1.97 bits per heavy atom. The maximum atomic E-state index is 14.5. The molecule has 2 aliphatic heterocycles. The van der Waals surface area contributed by atoms with Gasteiger partial charge in [0.15, 0.2) is 22.9 Å². The van der Waals surface area contributed by atoms with E-state index in [0.29, 0.717) is 5.56 Å². The first-order chi connectivity index (χ1) is 16.4. The van der Waals surface area contributed by atoms with Crippen LogP contribution in [0.2, 0.25) is 0 Å². The third-order valence-electron chi connectivity index (χ3n) is 6.23. The first-order valence-electron chi connectivity index (χ1n) is 10.7. The number of benzene rings is 2. The molecular weight excluding hydrogens is 449 g/mol. The van der Waals surface area contributed by atoms with Gasteiger partial charge in [-0.15, -0.1) is 10.2 Å². The number of nitrogens with one attached hydrogen (secondary N) is 1. The molecule has 3 aromatic rings. The van der Waals surface area contributed by atoms with Gasteiger partial charge in [0.2, 0.25) is 0 Å². The first kappa shape index (κ1) is 22.1. The van der Waals surface area contributed by atoms with Gasteiger partial charge in [-0.3, -0.25) is 4.79 Å². The quantitative estimate of drug-likeness (QED) is 0.586. The molecule has 1 N–H and O–H groups in total. The Kier molecular flexibility index (Phi) is 5.60. The number of hydrogen-bond donors (Lipinski definition) is 1. The summed E-state index contributed by atoms with van der Waals surface area (Å²) < 4.78 is 54.3. The van der Waals surface area contributed by atoms with E-state index in [1.54, 1.807) is 6.07 Å². The summed E-state index contributed by atoms with van der Waals surface area (Å²) in [6.07, 6.45) is -3.79. The number of para-hydroxylation sites is 1. The van der Waals surface area contributed by atoms with Gasteiger partial charge in [-0.1, -0.05) is 36.4 Å². The van der Waals surface area contributed by atoms with Gasteiger partial charge in [-0.2, -0.15) is 0 Å². The number of rotatable bonds is 6. The van der Waals surface area contributed by atoms with Crippen molar-refractivity contribution >= 4 is 17.4 Å². The minimum absolute atomic E-state index is 0.0396. The maximum absolute atomic E-state index is 14.5. The minimum Gasteiger partial charge on any atom is -0.493 e. The zero-order chi connectivity index (χ0) is 23.9. The molecule has 0 aliphatic carbocycles. The van der Waals surface area contributed by atoms with Gasteiger partial charge < -0.3 is 19.7 Å². The summed E-state index contributed by atoms with van der Waals surface area (Å²) in [7, 11) is 1.32. The molecule has 10 heteroatoms. The number of anilines is 2. The van der Waals surface area contributed by atoms with Crippen LogP contribution in [0.3, 0.4) is 0 Å². The molecule has 0 radical (unpaired) electrons. The molecule has 1 amide bonds. The fourth-order valence-electron chi connectivity index (χ4n) is 4.56. The molecule has 2 aliphatic rings. The number of methoxy groups -OCH3 is 1. The standard InChI is InChI=1S/C24H21F3N4O3/c1-33-20-16(8-5-9-17(20)25)18-10-19-21(30-29-18)28-23(32)24(22(26)27)11-15(12-31(19)24)34-13-14-6-3-2-4-7-14/h2-10,15,22H,11-13H2,1H3,(H,28,30,32)/t15-,24+/m1/s1. The van der Waals surface area contributed by atoms with Crippen LogP contribution < -0.4 is 15.0 Å². The van der Waals surface area contributed by atoms with Gasteiger partial charge in [0.05, 0.1) is 31.2 Å². The third kappa shape index (κ3) is 3.54. The molecule has 3 heterocycles. The molecule has 0 bridgehead atoms. The van der Waals surface area contributed by atoms with Crippen LogP contribution in [0.5, 0.6) is 5.75 Å². The van der Waals surface area contributed by atoms with E-state index in [4.69, 9.17) is 9.47 Å². The van der Waals surface area contributed by atoms with Crippen molar-refractivity contribution in [1.29, 1.82) is 0 Å². The normalized spacial score (nSPS) is 21.3. The van der Waals surface area contributed by atoms with Crippen molar-refractivity contribution in [3.63, 3.8) is 0 Å². The number of amides is 1. The van der Waals surface area contributed by atoms with Gasteiger partial charge in [0, 0.05) is 18.5 Å². The largest absolute Gasteiger partial charge is 0.493 e. The van der Waals surface area contributed by atoms with E-state index < -0.39 is 29.8 Å². The zero-order valence-corrected chi connectivity index (χ0v) is 18.2. The second-order valence-electron chi connectivity index (χ2n) is 8.20. The highest BCUT2D eigenvalue weighted by Gasteiger charge is 2.61. The van der Waals surface area contributed by atoms with Crippen molar-refractivity contribution in [3.05, 3.63) is 66.0 Å². The van der Waals surface area contributed by atoms with E-state index in [-0.39, 0.29) is 42.5 Å². The first-order valence-corrected chi connectivity index (χ1v) is 10.7. The molecule has 5 rings (SSSR count). The topological polar surface area (TPSA) is 76.6 Å². The molecule has 0 spiro atoms. The number of halogens is 3. The van der Waals surface area contributed by atoms with Crippen LogP contribution in [-0.2, 0) is 16.1 Å². The van der Waals surface area contributed by atoms with Gasteiger partial charge >= 0.3 is 0 Å². The lowest BCUT2D eigenvalue weighted by Gasteiger charge is -2.41. The van der Waals surface area contributed by atoms with Crippen molar-refractivity contribution in [2.24, 2.45) is 0 Å². The molecule has 2 atom stereocenters. The number of aromatic nitrogens is 2. The second kappa shape index (κ2) is 8.60. The van der Waals surface area contributed by atoms with Gasteiger partial charge in [-0.25, -0.2) is 13.2 Å². The Hall–Kier alpha value is -3.66. The highest BCUT2D eigenvalue weighted by atomic mass is 19.3. The molecule has 34 heavy (non-hydrogen) atoms. The monoisotopic (exact) mass is 470 g/mol. The van der Waals surface area contributed by atoms with Crippen molar-refractivity contribution in [3.8, 4) is 17.0 Å². The van der Waals surface area contributed by atoms with Crippen LogP contribution in [0.25, 0.3) is 11.3 Å². The Bertz CT molecular complexity index is 1230. The molecule has 7 nitrogen and oxygen atoms in total. The van der Waals surface area contributed by atoms with E-state index in [9.17, 15) is 18.0 Å². The van der Waals surface area contributed by atoms with Gasteiger partial charge in [-0.05, 0) is 23.8 Å². The number of carbonyl (C=O) groups excluding carboxylic acids is 1. The molecule has 2 aromatic carbocycles. The van der Waals surface area contributed by atoms with Gasteiger partial charge in [0.1, 0.15) is 0 Å². The zero-order valence-electron chi connectivity index (χ0n) is 18.2. The molecular formula is C24H21F3N4O3. The average Bonchev–Trinajstić information content (AvgIpc) is 3.25. The van der Waals surface area contributed by atoms with Crippen LogP contribution in [-0.4, -0.2) is 47.8 Å². The number of hydrogen-bond acceptors (Lipinski definition) is 6. The highest BCUT2D eigenvalue weighted by molar-refractivity contribution is 6.07.